The van der Waals surface area contributed by atoms with Crippen LogP contribution in [0.4, 0.5) is 0 Å². The third-order valence-electron chi connectivity index (χ3n) is 2.62. The summed E-state index contributed by atoms with van der Waals surface area (Å²) in [5.41, 5.74) is 0.548. The topological polar surface area (TPSA) is 68.7 Å². The van der Waals surface area contributed by atoms with Crippen LogP contribution in [0.2, 0.25) is 0 Å². The van der Waals surface area contributed by atoms with E-state index in [-0.39, 0.29) is 12.3 Å². The standard InChI is InChI=1S/C15H15NO4/c1-2-19-12-5-7-13(8-6-12)20-10-11-4-3-9-16-14(11)15(17)18/h3-9H,2,10H2,1H3,(H,17,18). The van der Waals surface area contributed by atoms with Crippen LogP contribution >= 0.6 is 0 Å². The van der Waals surface area contributed by atoms with Gasteiger partial charge in [-0.1, -0.05) is 6.07 Å². The van der Waals surface area contributed by atoms with Gasteiger partial charge in [-0.05, 0) is 37.3 Å². The number of ether oxygens (including phenoxy) is 2. The van der Waals surface area contributed by atoms with Crippen LogP contribution in [0.1, 0.15) is 23.0 Å². The van der Waals surface area contributed by atoms with Crippen LogP contribution in [0.5, 0.6) is 11.5 Å². The van der Waals surface area contributed by atoms with E-state index in [0.717, 1.165) is 5.75 Å². The quantitative estimate of drug-likeness (QED) is 0.876. The van der Waals surface area contributed by atoms with Gasteiger partial charge in [-0.25, -0.2) is 9.78 Å². The highest BCUT2D eigenvalue weighted by Crippen LogP contribution is 2.19. The van der Waals surface area contributed by atoms with E-state index < -0.39 is 5.97 Å². The predicted molar refractivity (Wildman–Crippen MR) is 73.1 cm³/mol. The van der Waals surface area contributed by atoms with E-state index in [1.54, 1.807) is 36.4 Å². The Hall–Kier alpha value is -2.56. The zero-order chi connectivity index (χ0) is 14.4. The minimum Gasteiger partial charge on any atom is -0.494 e. The number of pyridine rings is 1. The lowest BCUT2D eigenvalue weighted by Crippen LogP contribution is -2.07. The Morgan fingerprint density at radius 1 is 1.15 bits per heavy atom. The Bertz CT molecular complexity index is 581. The molecule has 2 rings (SSSR count). The summed E-state index contributed by atoms with van der Waals surface area (Å²) < 4.78 is 10.9. The molecule has 0 bridgehead atoms. The Morgan fingerprint density at radius 3 is 2.40 bits per heavy atom. The van der Waals surface area contributed by atoms with E-state index in [2.05, 4.69) is 4.98 Å². The molecule has 1 aromatic heterocycles. The van der Waals surface area contributed by atoms with Gasteiger partial charge in [0.2, 0.25) is 0 Å². The molecule has 5 nitrogen and oxygen atoms in total. The van der Waals surface area contributed by atoms with Crippen molar-refractivity contribution in [3.05, 3.63) is 53.9 Å². The Labute approximate surface area is 116 Å². The minimum absolute atomic E-state index is 0.0124. The number of hydrogen-bond donors (Lipinski definition) is 1. The summed E-state index contributed by atoms with van der Waals surface area (Å²) in [6, 6.07) is 10.5. The van der Waals surface area contributed by atoms with Crippen LogP contribution in [-0.2, 0) is 6.61 Å². The van der Waals surface area contributed by atoms with Crippen molar-refractivity contribution in [2.45, 2.75) is 13.5 Å². The SMILES string of the molecule is CCOc1ccc(OCc2cccnc2C(=O)O)cc1. The van der Waals surface area contributed by atoms with Gasteiger partial charge in [0.15, 0.2) is 5.69 Å². The molecule has 20 heavy (non-hydrogen) atoms. The molecule has 0 fully saturated rings. The normalized spacial score (nSPS) is 10.1. The van der Waals surface area contributed by atoms with E-state index in [0.29, 0.717) is 17.9 Å². The smallest absolute Gasteiger partial charge is 0.354 e. The van der Waals surface area contributed by atoms with Crippen LogP contribution in [0.3, 0.4) is 0 Å². The van der Waals surface area contributed by atoms with Gasteiger partial charge in [0.25, 0.3) is 0 Å². The van der Waals surface area contributed by atoms with Crippen molar-refractivity contribution in [3.8, 4) is 11.5 Å². The summed E-state index contributed by atoms with van der Waals surface area (Å²) in [5.74, 6) is 0.358. The minimum atomic E-state index is -1.06. The van der Waals surface area contributed by atoms with Crippen molar-refractivity contribution in [2.24, 2.45) is 0 Å². The number of hydrogen-bond acceptors (Lipinski definition) is 4. The largest absolute Gasteiger partial charge is 0.494 e. The lowest BCUT2D eigenvalue weighted by molar-refractivity contribution is 0.0687. The molecule has 0 radical (unpaired) electrons. The van der Waals surface area contributed by atoms with Crippen LogP contribution in [0.25, 0.3) is 0 Å². The van der Waals surface area contributed by atoms with Crippen molar-refractivity contribution in [1.82, 2.24) is 4.98 Å². The number of nitrogens with zero attached hydrogens (tertiary/aromatic N) is 1. The van der Waals surface area contributed by atoms with Gasteiger partial charge in [-0.3, -0.25) is 0 Å². The highest BCUT2D eigenvalue weighted by Gasteiger charge is 2.11. The highest BCUT2D eigenvalue weighted by molar-refractivity contribution is 5.86. The molecule has 5 heteroatoms. The van der Waals surface area contributed by atoms with Gasteiger partial charge >= 0.3 is 5.97 Å². The van der Waals surface area contributed by atoms with Gasteiger partial charge in [0, 0.05) is 11.8 Å². The molecule has 0 amide bonds. The molecule has 0 saturated heterocycles. The Morgan fingerprint density at radius 2 is 1.80 bits per heavy atom. The second-order valence-corrected chi connectivity index (χ2v) is 4.01. The average molecular weight is 273 g/mol. The molecule has 0 saturated carbocycles. The monoisotopic (exact) mass is 273 g/mol. The summed E-state index contributed by atoms with van der Waals surface area (Å²) in [7, 11) is 0. The number of carboxylic acid groups (broad SMARTS) is 1. The van der Waals surface area contributed by atoms with Crippen molar-refractivity contribution in [3.63, 3.8) is 0 Å². The second kappa shape index (κ2) is 6.56. The maximum atomic E-state index is 11.0. The number of carbonyl (C=O) groups is 1. The fraction of sp³-hybridized carbons (Fsp3) is 0.200. The molecule has 0 atom stereocenters. The maximum absolute atomic E-state index is 11.0. The van der Waals surface area contributed by atoms with Crippen molar-refractivity contribution >= 4 is 5.97 Å². The van der Waals surface area contributed by atoms with Crippen molar-refractivity contribution < 1.29 is 19.4 Å². The summed E-state index contributed by atoms with van der Waals surface area (Å²) in [6.45, 7) is 2.68. The molecule has 0 aliphatic carbocycles. The number of aromatic nitrogens is 1. The van der Waals surface area contributed by atoms with Crippen LogP contribution < -0.4 is 9.47 Å². The third-order valence-corrected chi connectivity index (χ3v) is 2.62. The summed E-state index contributed by atoms with van der Waals surface area (Å²) in [6.07, 6.45) is 1.45. The molecule has 0 aliphatic heterocycles. The van der Waals surface area contributed by atoms with E-state index in [4.69, 9.17) is 14.6 Å². The van der Waals surface area contributed by atoms with E-state index in [1.807, 2.05) is 6.92 Å². The second-order valence-electron chi connectivity index (χ2n) is 4.01. The molecule has 1 N–H and O–H groups in total. The van der Waals surface area contributed by atoms with Gasteiger partial charge in [-0.2, -0.15) is 0 Å². The first-order valence-corrected chi connectivity index (χ1v) is 6.23. The van der Waals surface area contributed by atoms with E-state index >= 15 is 0 Å². The zero-order valence-corrected chi connectivity index (χ0v) is 11.1. The lowest BCUT2D eigenvalue weighted by atomic mass is 10.2. The fourth-order valence-electron chi connectivity index (χ4n) is 1.71. The summed E-state index contributed by atoms with van der Waals surface area (Å²) in [4.78, 5) is 14.8. The molecule has 0 spiro atoms. The summed E-state index contributed by atoms with van der Waals surface area (Å²) >= 11 is 0. The maximum Gasteiger partial charge on any atom is 0.354 e. The highest BCUT2D eigenvalue weighted by atomic mass is 16.5. The molecule has 1 aromatic carbocycles. The van der Waals surface area contributed by atoms with E-state index in [1.165, 1.54) is 6.20 Å². The first-order chi connectivity index (χ1) is 9.70. The molecular formula is C15H15NO4. The summed E-state index contributed by atoms with van der Waals surface area (Å²) in [5, 5.41) is 9.02. The number of benzene rings is 1. The Kier molecular flexibility index (Phi) is 4.55. The molecule has 0 unspecified atom stereocenters. The molecule has 1 heterocycles. The molecule has 104 valence electrons. The van der Waals surface area contributed by atoms with Gasteiger partial charge in [0.05, 0.1) is 6.61 Å². The number of rotatable bonds is 6. The number of aromatic carboxylic acids is 1. The third kappa shape index (κ3) is 3.47. The number of carboxylic acids is 1. The van der Waals surface area contributed by atoms with Gasteiger partial charge < -0.3 is 14.6 Å². The first kappa shape index (κ1) is 13.9. The molecule has 2 aromatic rings. The molecule has 0 aliphatic rings. The van der Waals surface area contributed by atoms with Gasteiger partial charge in [-0.15, -0.1) is 0 Å². The van der Waals surface area contributed by atoms with Crippen molar-refractivity contribution in [1.29, 1.82) is 0 Å². The van der Waals surface area contributed by atoms with E-state index in [9.17, 15) is 4.79 Å². The Balaban J connectivity index is 2.03. The lowest BCUT2D eigenvalue weighted by Gasteiger charge is -2.09. The molecular weight excluding hydrogens is 258 g/mol. The zero-order valence-electron chi connectivity index (χ0n) is 11.1. The first-order valence-electron chi connectivity index (χ1n) is 6.23. The van der Waals surface area contributed by atoms with Crippen LogP contribution in [0, 0.1) is 0 Å². The van der Waals surface area contributed by atoms with Gasteiger partial charge in [0.1, 0.15) is 18.1 Å². The average Bonchev–Trinajstić information content (AvgIpc) is 2.47. The fourth-order valence-corrected chi connectivity index (χ4v) is 1.71. The van der Waals surface area contributed by atoms with Crippen LogP contribution in [-0.4, -0.2) is 22.7 Å². The predicted octanol–water partition coefficient (Wildman–Crippen LogP) is 2.76. The van der Waals surface area contributed by atoms with Crippen LogP contribution in [0.15, 0.2) is 42.6 Å². The van der Waals surface area contributed by atoms with Crippen molar-refractivity contribution in [2.75, 3.05) is 6.61 Å².